The lowest BCUT2D eigenvalue weighted by atomic mass is 9.90. The van der Waals surface area contributed by atoms with Crippen LogP contribution in [0, 0.1) is 11.6 Å². The van der Waals surface area contributed by atoms with Crippen LogP contribution in [0.25, 0.3) is 0 Å². The van der Waals surface area contributed by atoms with Gasteiger partial charge in [-0.25, -0.2) is 8.78 Å². The van der Waals surface area contributed by atoms with Gasteiger partial charge in [0, 0.05) is 44.0 Å². The molecule has 7 heteroatoms. The summed E-state index contributed by atoms with van der Waals surface area (Å²) in [4.78, 5) is 14.9. The quantitative estimate of drug-likeness (QED) is 0.876. The average Bonchev–Trinajstić information content (AvgIpc) is 3.05. The normalized spacial score (nSPS) is 19.5. The first-order chi connectivity index (χ1) is 13.5. The van der Waals surface area contributed by atoms with Crippen LogP contribution in [-0.2, 0) is 26.4 Å². The molecule has 1 aliphatic heterocycles. The Morgan fingerprint density at radius 3 is 2.75 bits per heavy atom. The van der Waals surface area contributed by atoms with Gasteiger partial charge < -0.3 is 10.2 Å². The summed E-state index contributed by atoms with van der Waals surface area (Å²) in [6.45, 7) is 2.08. The molecule has 1 atom stereocenters. The summed E-state index contributed by atoms with van der Waals surface area (Å²) in [5.74, 6) is -1.62. The number of aromatic nitrogens is 2. The van der Waals surface area contributed by atoms with E-state index < -0.39 is 11.6 Å². The Balaban J connectivity index is 1.46. The Morgan fingerprint density at radius 1 is 1.21 bits per heavy atom. The maximum atomic E-state index is 13.4. The lowest BCUT2D eigenvalue weighted by Crippen LogP contribution is -2.38. The number of halogens is 2. The Morgan fingerprint density at radius 2 is 2.00 bits per heavy atom. The molecule has 0 bridgehead atoms. The Bertz CT molecular complexity index is 874. The monoisotopic (exact) mass is 388 g/mol. The molecule has 0 saturated carbocycles. The van der Waals surface area contributed by atoms with Gasteiger partial charge in [0.1, 0.15) is 0 Å². The number of fused-ring (bicyclic) bond motifs is 1. The number of likely N-dealkylation sites (tertiary alicyclic amines) is 1. The van der Waals surface area contributed by atoms with E-state index in [2.05, 4.69) is 10.4 Å². The minimum atomic E-state index is -0.831. The maximum absolute atomic E-state index is 13.4. The van der Waals surface area contributed by atoms with Gasteiger partial charge in [-0.05, 0) is 56.2 Å². The molecule has 1 unspecified atom stereocenters. The van der Waals surface area contributed by atoms with Crippen LogP contribution in [0.2, 0.25) is 0 Å². The number of nitrogens with one attached hydrogen (secondary N) is 1. The fourth-order valence-electron chi connectivity index (χ4n) is 4.29. The van der Waals surface area contributed by atoms with Crippen LogP contribution in [0.15, 0.2) is 18.2 Å². The molecule has 5 nitrogen and oxygen atoms in total. The van der Waals surface area contributed by atoms with Gasteiger partial charge in [-0.15, -0.1) is 0 Å². The smallest absolute Gasteiger partial charge is 0.274 e. The van der Waals surface area contributed by atoms with E-state index in [0.717, 1.165) is 62.5 Å². The SMILES string of the molecule is Cn1nc(C(=O)N2CCCCC2)c2c1CCC(NCc1ccc(F)c(F)c1)C2. The van der Waals surface area contributed by atoms with E-state index in [1.165, 1.54) is 12.5 Å². The van der Waals surface area contributed by atoms with Gasteiger partial charge >= 0.3 is 0 Å². The second-order valence-corrected chi connectivity index (χ2v) is 7.82. The molecular weight excluding hydrogens is 362 g/mol. The minimum Gasteiger partial charge on any atom is -0.337 e. The summed E-state index contributed by atoms with van der Waals surface area (Å²) in [6, 6.07) is 4.15. The maximum Gasteiger partial charge on any atom is 0.274 e. The number of piperidine rings is 1. The van der Waals surface area contributed by atoms with Crippen molar-refractivity contribution in [2.45, 2.75) is 51.1 Å². The number of rotatable bonds is 4. The van der Waals surface area contributed by atoms with E-state index in [4.69, 9.17) is 0 Å². The molecule has 1 N–H and O–H groups in total. The molecule has 2 aromatic rings. The van der Waals surface area contributed by atoms with Crippen LogP contribution in [0.5, 0.6) is 0 Å². The zero-order valence-corrected chi connectivity index (χ0v) is 16.2. The average molecular weight is 388 g/mol. The summed E-state index contributed by atoms with van der Waals surface area (Å²) < 4.78 is 28.3. The molecule has 150 valence electrons. The summed E-state index contributed by atoms with van der Waals surface area (Å²) in [5, 5.41) is 7.98. The summed E-state index contributed by atoms with van der Waals surface area (Å²) in [5.41, 5.74) is 3.46. The van der Waals surface area contributed by atoms with Crippen molar-refractivity contribution in [2.75, 3.05) is 13.1 Å². The molecule has 1 aromatic carbocycles. The molecule has 1 saturated heterocycles. The zero-order valence-electron chi connectivity index (χ0n) is 16.2. The van der Waals surface area contributed by atoms with Crippen LogP contribution < -0.4 is 5.32 Å². The topological polar surface area (TPSA) is 50.2 Å². The number of amides is 1. The minimum absolute atomic E-state index is 0.0396. The molecule has 28 heavy (non-hydrogen) atoms. The van der Waals surface area contributed by atoms with E-state index in [1.807, 2.05) is 16.6 Å². The molecule has 0 spiro atoms. The largest absolute Gasteiger partial charge is 0.337 e. The Hall–Kier alpha value is -2.28. The second-order valence-electron chi connectivity index (χ2n) is 7.82. The number of nitrogens with zero attached hydrogens (tertiary/aromatic N) is 3. The van der Waals surface area contributed by atoms with E-state index >= 15 is 0 Å². The van der Waals surface area contributed by atoms with Crippen LogP contribution in [0.1, 0.15) is 53.0 Å². The van der Waals surface area contributed by atoms with E-state index in [1.54, 1.807) is 6.07 Å². The highest BCUT2D eigenvalue weighted by Crippen LogP contribution is 2.26. The molecular formula is C21H26F2N4O. The van der Waals surface area contributed by atoms with Crippen LogP contribution in [0.3, 0.4) is 0 Å². The fraction of sp³-hybridized carbons (Fsp3) is 0.524. The number of carbonyl (C=O) groups is 1. The molecule has 1 fully saturated rings. The molecule has 4 rings (SSSR count). The molecule has 0 radical (unpaired) electrons. The third-order valence-corrected chi connectivity index (χ3v) is 5.88. The molecule has 1 amide bonds. The number of carbonyl (C=O) groups excluding carboxylic acids is 1. The number of hydrogen-bond donors (Lipinski definition) is 1. The van der Waals surface area contributed by atoms with Crippen molar-refractivity contribution >= 4 is 5.91 Å². The highest BCUT2D eigenvalue weighted by Gasteiger charge is 2.30. The van der Waals surface area contributed by atoms with Gasteiger partial charge in [-0.1, -0.05) is 6.07 Å². The van der Waals surface area contributed by atoms with Gasteiger partial charge in [-0.3, -0.25) is 9.48 Å². The lowest BCUT2D eigenvalue weighted by molar-refractivity contribution is 0.0716. The first-order valence-electron chi connectivity index (χ1n) is 10.0. The number of benzene rings is 1. The van der Waals surface area contributed by atoms with Crippen LogP contribution in [-0.4, -0.2) is 39.7 Å². The number of aryl methyl sites for hydroxylation is 1. The van der Waals surface area contributed by atoms with Crippen molar-refractivity contribution in [1.82, 2.24) is 20.0 Å². The van der Waals surface area contributed by atoms with Crippen molar-refractivity contribution in [2.24, 2.45) is 7.05 Å². The predicted octanol–water partition coefficient (Wildman–Crippen LogP) is 2.97. The third kappa shape index (κ3) is 3.81. The standard InChI is InChI=1S/C21H26F2N4O/c1-26-19-8-6-15(24-13-14-5-7-17(22)18(23)11-14)12-16(19)20(25-26)21(28)27-9-3-2-4-10-27/h5,7,11,15,24H,2-4,6,8-10,12-13H2,1H3. The van der Waals surface area contributed by atoms with Crippen LogP contribution >= 0.6 is 0 Å². The Kier molecular flexibility index (Phi) is 5.44. The molecule has 2 aliphatic rings. The fourth-order valence-corrected chi connectivity index (χ4v) is 4.29. The van der Waals surface area contributed by atoms with Crippen molar-refractivity contribution in [3.05, 3.63) is 52.3 Å². The van der Waals surface area contributed by atoms with Crippen LogP contribution in [0.4, 0.5) is 8.78 Å². The van der Waals surface area contributed by atoms with Crippen molar-refractivity contribution < 1.29 is 13.6 Å². The third-order valence-electron chi connectivity index (χ3n) is 5.88. The van der Waals surface area contributed by atoms with Crippen molar-refractivity contribution in [3.8, 4) is 0 Å². The van der Waals surface area contributed by atoms with E-state index in [-0.39, 0.29) is 11.9 Å². The first-order valence-corrected chi connectivity index (χ1v) is 10.0. The first kappa shape index (κ1) is 19.1. The summed E-state index contributed by atoms with van der Waals surface area (Å²) in [6.07, 6.45) is 5.79. The summed E-state index contributed by atoms with van der Waals surface area (Å²) in [7, 11) is 1.90. The zero-order chi connectivity index (χ0) is 19.7. The Labute approximate surface area is 163 Å². The lowest BCUT2D eigenvalue weighted by Gasteiger charge is -2.27. The highest BCUT2D eigenvalue weighted by molar-refractivity contribution is 5.94. The number of hydrogen-bond acceptors (Lipinski definition) is 3. The second kappa shape index (κ2) is 7.99. The highest BCUT2D eigenvalue weighted by atomic mass is 19.2. The van der Waals surface area contributed by atoms with Gasteiger partial charge in [0.25, 0.3) is 5.91 Å². The molecule has 1 aromatic heterocycles. The van der Waals surface area contributed by atoms with E-state index in [9.17, 15) is 13.6 Å². The summed E-state index contributed by atoms with van der Waals surface area (Å²) >= 11 is 0. The van der Waals surface area contributed by atoms with Gasteiger partial charge in [0.2, 0.25) is 0 Å². The van der Waals surface area contributed by atoms with Crippen molar-refractivity contribution in [3.63, 3.8) is 0 Å². The van der Waals surface area contributed by atoms with Gasteiger partial charge in [0.15, 0.2) is 17.3 Å². The van der Waals surface area contributed by atoms with E-state index in [0.29, 0.717) is 17.8 Å². The van der Waals surface area contributed by atoms with Gasteiger partial charge in [0.05, 0.1) is 0 Å². The van der Waals surface area contributed by atoms with Crippen molar-refractivity contribution in [1.29, 1.82) is 0 Å². The molecule has 1 aliphatic carbocycles. The van der Waals surface area contributed by atoms with Gasteiger partial charge in [-0.2, -0.15) is 5.10 Å². The predicted molar refractivity (Wildman–Crippen MR) is 102 cm³/mol. The molecule has 2 heterocycles.